The molecule has 1 heterocycles. The van der Waals surface area contributed by atoms with Gasteiger partial charge in [-0.2, -0.15) is 0 Å². The van der Waals surface area contributed by atoms with Crippen LogP contribution in [0.4, 0.5) is 0 Å². The van der Waals surface area contributed by atoms with Crippen molar-refractivity contribution in [1.82, 2.24) is 9.80 Å². The maximum atomic E-state index is 12.7. The summed E-state index contributed by atoms with van der Waals surface area (Å²) < 4.78 is 0. The first-order valence-corrected chi connectivity index (χ1v) is 7.99. The Morgan fingerprint density at radius 1 is 0.957 bits per heavy atom. The van der Waals surface area contributed by atoms with E-state index in [0.717, 1.165) is 41.9 Å². The molecule has 0 aliphatic carbocycles. The van der Waals surface area contributed by atoms with E-state index in [1.165, 1.54) is 0 Å². The van der Waals surface area contributed by atoms with Crippen LogP contribution in [0, 0.1) is 0 Å². The van der Waals surface area contributed by atoms with Gasteiger partial charge in [-0.25, -0.2) is 0 Å². The highest BCUT2D eigenvalue weighted by Crippen LogP contribution is 2.34. The summed E-state index contributed by atoms with van der Waals surface area (Å²) >= 11 is 0. The standard InChI is InChI=1S/C20H22N2O/c1-21(2)13-8-14-22-19(15-16-9-4-3-5-10-16)17-11-6-7-12-18(17)20(22)23/h3-7,9-12,15H,8,13-14H2,1-2H3/b19-15-. The molecular weight excluding hydrogens is 284 g/mol. The first kappa shape index (κ1) is 15.5. The predicted octanol–water partition coefficient (Wildman–Crippen LogP) is 3.59. The number of nitrogens with zero attached hydrogens (tertiary/aromatic N) is 2. The van der Waals surface area contributed by atoms with E-state index in [4.69, 9.17) is 0 Å². The average Bonchev–Trinajstić information content (AvgIpc) is 2.82. The van der Waals surface area contributed by atoms with Crippen LogP contribution >= 0.6 is 0 Å². The second-order valence-electron chi connectivity index (χ2n) is 6.10. The van der Waals surface area contributed by atoms with Gasteiger partial charge in [-0.15, -0.1) is 0 Å². The molecule has 2 aromatic carbocycles. The fraction of sp³-hybridized carbons (Fsp3) is 0.250. The van der Waals surface area contributed by atoms with Crippen molar-refractivity contribution in [3.8, 4) is 0 Å². The van der Waals surface area contributed by atoms with Crippen molar-refractivity contribution in [2.24, 2.45) is 0 Å². The largest absolute Gasteiger partial charge is 0.309 e. The number of carbonyl (C=O) groups is 1. The van der Waals surface area contributed by atoms with E-state index >= 15 is 0 Å². The van der Waals surface area contributed by atoms with Gasteiger partial charge in [-0.3, -0.25) is 4.79 Å². The Hall–Kier alpha value is -2.39. The molecule has 3 rings (SSSR count). The van der Waals surface area contributed by atoms with Gasteiger partial charge < -0.3 is 9.80 Å². The summed E-state index contributed by atoms with van der Waals surface area (Å²) in [6, 6.07) is 18.1. The molecule has 1 aliphatic heterocycles. The molecule has 0 bridgehead atoms. The monoisotopic (exact) mass is 306 g/mol. The molecule has 3 nitrogen and oxygen atoms in total. The predicted molar refractivity (Wildman–Crippen MR) is 95.0 cm³/mol. The van der Waals surface area contributed by atoms with Crippen LogP contribution in [0.2, 0.25) is 0 Å². The van der Waals surface area contributed by atoms with Gasteiger partial charge in [-0.05, 0) is 44.8 Å². The summed E-state index contributed by atoms with van der Waals surface area (Å²) in [5.41, 5.74) is 3.96. The first-order chi connectivity index (χ1) is 11.2. The first-order valence-electron chi connectivity index (χ1n) is 7.99. The van der Waals surface area contributed by atoms with Crippen molar-refractivity contribution in [1.29, 1.82) is 0 Å². The Labute approximate surface area is 137 Å². The topological polar surface area (TPSA) is 23.6 Å². The summed E-state index contributed by atoms with van der Waals surface area (Å²) in [5.74, 6) is 0.113. The van der Waals surface area contributed by atoms with Gasteiger partial charge in [0.1, 0.15) is 0 Å². The third-order valence-electron chi connectivity index (χ3n) is 4.06. The lowest BCUT2D eigenvalue weighted by molar-refractivity contribution is 0.0847. The average molecular weight is 306 g/mol. The van der Waals surface area contributed by atoms with Crippen LogP contribution in [0.15, 0.2) is 54.6 Å². The number of rotatable bonds is 5. The van der Waals surface area contributed by atoms with E-state index in [0.29, 0.717) is 0 Å². The Morgan fingerprint density at radius 3 is 2.30 bits per heavy atom. The molecule has 0 spiro atoms. The Bertz CT molecular complexity index is 719. The van der Waals surface area contributed by atoms with Gasteiger partial charge in [-0.1, -0.05) is 48.5 Å². The lowest BCUT2D eigenvalue weighted by atomic mass is 10.1. The van der Waals surface area contributed by atoms with Gasteiger partial charge in [0.25, 0.3) is 5.91 Å². The van der Waals surface area contributed by atoms with E-state index in [-0.39, 0.29) is 5.91 Å². The normalized spacial score (nSPS) is 15.5. The molecule has 0 saturated heterocycles. The highest BCUT2D eigenvalue weighted by atomic mass is 16.2. The molecule has 0 saturated carbocycles. The molecular formula is C20H22N2O. The number of benzene rings is 2. The summed E-state index contributed by atoms with van der Waals surface area (Å²) in [4.78, 5) is 16.8. The molecule has 0 N–H and O–H groups in total. The van der Waals surface area contributed by atoms with E-state index in [1.54, 1.807) is 0 Å². The second-order valence-corrected chi connectivity index (χ2v) is 6.10. The molecule has 2 aromatic rings. The molecule has 118 valence electrons. The fourth-order valence-corrected chi connectivity index (χ4v) is 2.92. The van der Waals surface area contributed by atoms with Crippen LogP contribution in [-0.4, -0.2) is 42.9 Å². The fourth-order valence-electron chi connectivity index (χ4n) is 2.92. The molecule has 0 atom stereocenters. The maximum absolute atomic E-state index is 12.7. The maximum Gasteiger partial charge on any atom is 0.258 e. The zero-order chi connectivity index (χ0) is 16.2. The molecule has 0 aromatic heterocycles. The minimum Gasteiger partial charge on any atom is -0.309 e. The van der Waals surface area contributed by atoms with Crippen molar-refractivity contribution < 1.29 is 4.79 Å². The van der Waals surface area contributed by atoms with Crippen molar-refractivity contribution in [3.63, 3.8) is 0 Å². The van der Waals surface area contributed by atoms with Crippen molar-refractivity contribution in [2.75, 3.05) is 27.2 Å². The molecule has 0 fully saturated rings. The third-order valence-corrected chi connectivity index (χ3v) is 4.06. The van der Waals surface area contributed by atoms with E-state index in [9.17, 15) is 4.79 Å². The summed E-state index contributed by atoms with van der Waals surface area (Å²) in [6.07, 6.45) is 3.07. The van der Waals surface area contributed by atoms with E-state index in [1.807, 2.05) is 47.4 Å². The zero-order valence-electron chi connectivity index (χ0n) is 13.7. The quantitative estimate of drug-likeness (QED) is 0.843. The summed E-state index contributed by atoms with van der Waals surface area (Å²) in [6.45, 7) is 1.71. The number of hydrogen-bond acceptors (Lipinski definition) is 2. The third kappa shape index (κ3) is 3.35. The minimum atomic E-state index is 0.113. The lowest BCUT2D eigenvalue weighted by Gasteiger charge is -2.20. The summed E-state index contributed by atoms with van der Waals surface area (Å²) in [5, 5.41) is 0. The Balaban J connectivity index is 1.94. The van der Waals surface area contributed by atoms with Crippen LogP contribution < -0.4 is 0 Å². The molecule has 3 heteroatoms. The summed E-state index contributed by atoms with van der Waals surface area (Å²) in [7, 11) is 4.11. The number of carbonyl (C=O) groups excluding carboxylic acids is 1. The van der Waals surface area contributed by atoms with E-state index in [2.05, 4.69) is 37.2 Å². The second kappa shape index (κ2) is 6.80. The Kier molecular flexibility index (Phi) is 4.58. The van der Waals surface area contributed by atoms with Crippen LogP contribution in [0.5, 0.6) is 0 Å². The van der Waals surface area contributed by atoms with Gasteiger partial charge >= 0.3 is 0 Å². The van der Waals surface area contributed by atoms with Crippen LogP contribution in [0.25, 0.3) is 11.8 Å². The zero-order valence-corrected chi connectivity index (χ0v) is 13.7. The molecule has 0 unspecified atom stereocenters. The molecule has 23 heavy (non-hydrogen) atoms. The molecule has 1 amide bonds. The van der Waals surface area contributed by atoms with Crippen molar-refractivity contribution in [3.05, 3.63) is 71.3 Å². The van der Waals surface area contributed by atoms with Gasteiger partial charge in [0, 0.05) is 17.7 Å². The van der Waals surface area contributed by atoms with Crippen LogP contribution in [0.1, 0.15) is 27.9 Å². The number of amides is 1. The highest BCUT2D eigenvalue weighted by Gasteiger charge is 2.31. The van der Waals surface area contributed by atoms with Gasteiger partial charge in [0.05, 0.1) is 5.70 Å². The SMILES string of the molecule is CN(C)CCCN1C(=O)c2ccccc2/C1=C/c1ccccc1. The van der Waals surface area contributed by atoms with Crippen molar-refractivity contribution in [2.45, 2.75) is 6.42 Å². The smallest absolute Gasteiger partial charge is 0.258 e. The van der Waals surface area contributed by atoms with Crippen LogP contribution in [0.3, 0.4) is 0 Å². The number of fused-ring (bicyclic) bond motifs is 1. The Morgan fingerprint density at radius 2 is 1.61 bits per heavy atom. The molecule has 0 radical (unpaired) electrons. The lowest BCUT2D eigenvalue weighted by Crippen LogP contribution is -2.27. The van der Waals surface area contributed by atoms with Crippen LogP contribution in [-0.2, 0) is 0 Å². The van der Waals surface area contributed by atoms with E-state index < -0.39 is 0 Å². The highest BCUT2D eigenvalue weighted by molar-refractivity contribution is 6.11. The van der Waals surface area contributed by atoms with Gasteiger partial charge in [0.2, 0.25) is 0 Å². The number of hydrogen-bond donors (Lipinski definition) is 0. The molecule has 1 aliphatic rings. The van der Waals surface area contributed by atoms with Crippen molar-refractivity contribution >= 4 is 17.7 Å². The van der Waals surface area contributed by atoms with Gasteiger partial charge in [0.15, 0.2) is 0 Å². The minimum absolute atomic E-state index is 0.113.